The number of thiophene rings is 1. The first kappa shape index (κ1) is 20.3. The summed E-state index contributed by atoms with van der Waals surface area (Å²) in [5.74, 6) is 0.981. The molecule has 2 aromatic heterocycles. The number of ether oxygens (including phenoxy) is 1. The maximum atomic E-state index is 14.2. The Hall–Kier alpha value is -2.40. The second kappa shape index (κ2) is 9.20. The summed E-state index contributed by atoms with van der Waals surface area (Å²) in [5.41, 5.74) is 8.23. The molecular formula is C23H27FN2OS. The Morgan fingerprint density at radius 3 is 2.79 bits per heavy atom. The van der Waals surface area contributed by atoms with Crippen LogP contribution in [-0.2, 0) is 0 Å². The third-order valence-electron chi connectivity index (χ3n) is 4.85. The van der Waals surface area contributed by atoms with Crippen molar-refractivity contribution >= 4 is 32.8 Å². The number of pyridine rings is 1. The van der Waals surface area contributed by atoms with E-state index in [1.54, 1.807) is 35.7 Å². The molecule has 148 valence electrons. The summed E-state index contributed by atoms with van der Waals surface area (Å²) < 4.78 is 20.9. The molecule has 0 amide bonds. The molecule has 28 heavy (non-hydrogen) atoms. The maximum Gasteiger partial charge on any atom is 0.167 e. The van der Waals surface area contributed by atoms with E-state index in [1.165, 1.54) is 22.9 Å². The van der Waals surface area contributed by atoms with E-state index in [2.05, 4.69) is 37.9 Å². The lowest BCUT2D eigenvalue weighted by Gasteiger charge is -2.08. The van der Waals surface area contributed by atoms with E-state index >= 15 is 0 Å². The van der Waals surface area contributed by atoms with Crippen molar-refractivity contribution in [2.24, 2.45) is 5.92 Å². The molecule has 0 aliphatic carbocycles. The van der Waals surface area contributed by atoms with Crippen molar-refractivity contribution in [1.82, 2.24) is 4.98 Å². The molecule has 0 fully saturated rings. The number of hydrogen-bond donors (Lipinski definition) is 1. The minimum Gasteiger partial charge on any atom is -0.453 e. The van der Waals surface area contributed by atoms with Crippen LogP contribution >= 0.6 is 11.3 Å². The minimum atomic E-state index is -0.470. The van der Waals surface area contributed by atoms with Gasteiger partial charge < -0.3 is 10.5 Å². The summed E-state index contributed by atoms with van der Waals surface area (Å²) in [5, 5.41) is 0. The molecular weight excluding hydrogens is 371 g/mol. The molecule has 3 rings (SSSR count). The van der Waals surface area contributed by atoms with Gasteiger partial charge in [0.15, 0.2) is 11.6 Å². The molecule has 1 unspecified atom stereocenters. The number of halogens is 1. The van der Waals surface area contributed by atoms with Gasteiger partial charge in [-0.05, 0) is 42.5 Å². The molecule has 2 heterocycles. The van der Waals surface area contributed by atoms with E-state index < -0.39 is 5.82 Å². The average Bonchev–Trinajstić information content (AvgIpc) is 3.12. The number of benzene rings is 1. The van der Waals surface area contributed by atoms with Crippen LogP contribution in [0.2, 0.25) is 0 Å². The van der Waals surface area contributed by atoms with Crippen LogP contribution in [0, 0.1) is 11.7 Å². The Morgan fingerprint density at radius 2 is 2.07 bits per heavy atom. The first-order valence-corrected chi connectivity index (χ1v) is 10.6. The van der Waals surface area contributed by atoms with Gasteiger partial charge in [-0.2, -0.15) is 0 Å². The summed E-state index contributed by atoms with van der Waals surface area (Å²) >= 11 is 1.66. The first-order valence-electron chi connectivity index (χ1n) is 9.82. The lowest BCUT2D eigenvalue weighted by atomic mass is 10.0. The van der Waals surface area contributed by atoms with Crippen LogP contribution in [-0.4, -0.2) is 4.98 Å². The first-order chi connectivity index (χ1) is 13.5. The predicted octanol–water partition coefficient (Wildman–Crippen LogP) is 7.43. The number of anilines is 1. The lowest BCUT2D eigenvalue weighted by molar-refractivity contribution is 0.447. The van der Waals surface area contributed by atoms with Gasteiger partial charge in [0.1, 0.15) is 5.75 Å². The monoisotopic (exact) mass is 398 g/mol. The van der Waals surface area contributed by atoms with Gasteiger partial charge in [-0.3, -0.25) is 4.98 Å². The molecule has 0 aliphatic heterocycles. The van der Waals surface area contributed by atoms with Crippen molar-refractivity contribution < 1.29 is 9.13 Å². The Balaban J connectivity index is 1.95. The van der Waals surface area contributed by atoms with Gasteiger partial charge in [0.2, 0.25) is 0 Å². The molecule has 0 saturated carbocycles. The standard InChI is InChI=1S/C23H27FN2OS/c1-4-6-16(8-7-15(3)5-2)22-14-19-23(28-22)21(11-12-26-19)27-20-10-9-17(25)13-18(20)24/h8-15H,4-7,25H2,1-3H3. The van der Waals surface area contributed by atoms with E-state index in [9.17, 15) is 4.39 Å². The molecule has 2 N–H and O–H groups in total. The van der Waals surface area contributed by atoms with E-state index in [0.717, 1.165) is 29.5 Å². The number of rotatable bonds is 8. The van der Waals surface area contributed by atoms with Gasteiger partial charge in [0, 0.05) is 28.9 Å². The number of aromatic nitrogens is 1. The molecule has 0 radical (unpaired) electrons. The highest BCUT2D eigenvalue weighted by molar-refractivity contribution is 7.20. The number of hydrogen-bond acceptors (Lipinski definition) is 4. The van der Waals surface area contributed by atoms with Gasteiger partial charge in [-0.15, -0.1) is 11.3 Å². The van der Waals surface area contributed by atoms with Gasteiger partial charge in [-0.25, -0.2) is 4.39 Å². The van der Waals surface area contributed by atoms with Crippen molar-refractivity contribution in [2.75, 3.05) is 5.73 Å². The van der Waals surface area contributed by atoms with Crippen molar-refractivity contribution in [3.63, 3.8) is 0 Å². The van der Waals surface area contributed by atoms with Gasteiger partial charge in [0.05, 0.1) is 10.2 Å². The van der Waals surface area contributed by atoms with Crippen molar-refractivity contribution in [1.29, 1.82) is 0 Å². The fourth-order valence-electron chi connectivity index (χ4n) is 2.98. The second-order valence-electron chi connectivity index (χ2n) is 7.15. The average molecular weight is 399 g/mol. The quantitative estimate of drug-likeness (QED) is 0.401. The Kier molecular flexibility index (Phi) is 6.68. The fourth-order valence-corrected chi connectivity index (χ4v) is 4.11. The third-order valence-corrected chi connectivity index (χ3v) is 6.07. The number of allylic oxidation sites excluding steroid dienone is 2. The molecule has 5 heteroatoms. The molecule has 3 aromatic rings. The van der Waals surface area contributed by atoms with Gasteiger partial charge in [-0.1, -0.05) is 39.7 Å². The highest BCUT2D eigenvalue weighted by atomic mass is 32.1. The van der Waals surface area contributed by atoms with Gasteiger partial charge >= 0.3 is 0 Å². The molecule has 1 aromatic carbocycles. The number of nitrogen functional groups attached to an aromatic ring is 1. The topological polar surface area (TPSA) is 48.1 Å². The number of nitrogens with zero attached hydrogens (tertiary/aromatic N) is 1. The van der Waals surface area contributed by atoms with Crippen molar-refractivity contribution in [3.8, 4) is 11.5 Å². The van der Waals surface area contributed by atoms with Crippen LogP contribution in [0.1, 0.15) is 51.3 Å². The van der Waals surface area contributed by atoms with Crippen LogP contribution in [0.3, 0.4) is 0 Å². The van der Waals surface area contributed by atoms with Gasteiger partial charge in [0.25, 0.3) is 0 Å². The van der Waals surface area contributed by atoms with E-state index in [-0.39, 0.29) is 5.75 Å². The molecule has 1 atom stereocenters. The van der Waals surface area contributed by atoms with Crippen LogP contribution in [0.25, 0.3) is 15.8 Å². The molecule has 0 saturated heterocycles. The molecule has 0 spiro atoms. The smallest absolute Gasteiger partial charge is 0.167 e. The Labute approximate surface area is 170 Å². The maximum absolute atomic E-state index is 14.2. The highest BCUT2D eigenvalue weighted by Crippen LogP contribution is 2.39. The molecule has 0 aliphatic rings. The normalized spacial score (nSPS) is 13.1. The van der Waals surface area contributed by atoms with Crippen molar-refractivity contribution in [2.45, 2.75) is 46.5 Å². The lowest BCUT2D eigenvalue weighted by Crippen LogP contribution is -1.91. The summed E-state index contributed by atoms with van der Waals surface area (Å²) in [6, 6.07) is 8.35. The highest BCUT2D eigenvalue weighted by Gasteiger charge is 2.14. The minimum absolute atomic E-state index is 0.165. The predicted molar refractivity (Wildman–Crippen MR) is 117 cm³/mol. The van der Waals surface area contributed by atoms with Crippen LogP contribution in [0.5, 0.6) is 11.5 Å². The largest absolute Gasteiger partial charge is 0.453 e. The van der Waals surface area contributed by atoms with E-state index in [4.69, 9.17) is 10.5 Å². The SMILES string of the molecule is CCCC(=CCC(C)CC)c1cc2nccc(Oc3ccc(N)cc3F)c2s1. The Bertz CT molecular complexity index is 980. The summed E-state index contributed by atoms with van der Waals surface area (Å²) in [6.45, 7) is 6.70. The molecule has 0 bridgehead atoms. The zero-order valence-electron chi connectivity index (χ0n) is 16.7. The van der Waals surface area contributed by atoms with Crippen LogP contribution in [0.15, 0.2) is 42.6 Å². The second-order valence-corrected chi connectivity index (χ2v) is 8.21. The van der Waals surface area contributed by atoms with Crippen LogP contribution in [0.4, 0.5) is 10.1 Å². The zero-order valence-corrected chi connectivity index (χ0v) is 17.5. The fraction of sp³-hybridized carbons (Fsp3) is 0.348. The third kappa shape index (κ3) is 4.71. The Morgan fingerprint density at radius 1 is 1.25 bits per heavy atom. The number of nitrogens with two attached hydrogens (primary N) is 1. The van der Waals surface area contributed by atoms with E-state index in [1.807, 2.05) is 0 Å². The summed E-state index contributed by atoms with van der Waals surface area (Å²) in [7, 11) is 0. The van der Waals surface area contributed by atoms with Crippen LogP contribution < -0.4 is 10.5 Å². The van der Waals surface area contributed by atoms with E-state index in [0.29, 0.717) is 17.4 Å². The summed E-state index contributed by atoms with van der Waals surface area (Å²) in [4.78, 5) is 5.69. The number of fused-ring (bicyclic) bond motifs is 1. The summed E-state index contributed by atoms with van der Waals surface area (Å²) in [6.07, 6.45) is 8.44. The van der Waals surface area contributed by atoms with Crippen molar-refractivity contribution in [3.05, 3.63) is 53.3 Å². The zero-order chi connectivity index (χ0) is 20.1. The molecule has 3 nitrogen and oxygen atoms in total.